The molecule has 7 heteroatoms. The maximum atomic E-state index is 13.2. The Bertz CT molecular complexity index is 1190. The molecule has 1 aliphatic rings. The molecule has 4 aromatic rings. The smallest absolute Gasteiger partial charge is 0.182 e. The van der Waals surface area contributed by atoms with Gasteiger partial charge in [0.05, 0.1) is 15.8 Å². The summed E-state index contributed by atoms with van der Waals surface area (Å²) in [4.78, 5) is 11.8. The maximum absolute atomic E-state index is 13.2. The first-order chi connectivity index (χ1) is 12.7. The van der Waals surface area contributed by atoms with Crippen LogP contribution in [0.1, 0.15) is 38.1 Å². The Balaban J connectivity index is 1.78. The van der Waals surface area contributed by atoms with Crippen LogP contribution in [0.4, 0.5) is 4.39 Å². The van der Waals surface area contributed by atoms with Gasteiger partial charge in [-0.1, -0.05) is 0 Å². The zero-order valence-corrected chi connectivity index (χ0v) is 16.6. The van der Waals surface area contributed by atoms with Gasteiger partial charge in [0.1, 0.15) is 22.5 Å². The van der Waals surface area contributed by atoms with E-state index in [1.807, 2.05) is 0 Å². The number of nitrogens with zero attached hydrogens (tertiary/aromatic N) is 4. The number of nitrogens with two attached hydrogens (primary N) is 1. The average Bonchev–Trinajstić information content (AvgIpc) is 3.15. The molecule has 1 aromatic carbocycles. The molecule has 27 heavy (non-hydrogen) atoms. The van der Waals surface area contributed by atoms with E-state index in [2.05, 4.69) is 43.1 Å². The van der Waals surface area contributed by atoms with Gasteiger partial charge in [-0.15, -0.1) is 16.4 Å². The molecule has 1 aliphatic heterocycles. The number of halogens is 1. The van der Waals surface area contributed by atoms with Gasteiger partial charge in [-0.2, -0.15) is 0 Å². The van der Waals surface area contributed by atoms with Crippen LogP contribution in [-0.4, -0.2) is 25.1 Å². The topological polar surface area (TPSA) is 59.7 Å². The molecule has 0 amide bonds. The minimum absolute atomic E-state index is 0.000746. The van der Waals surface area contributed by atoms with Crippen LogP contribution in [0, 0.1) is 5.82 Å². The highest BCUT2D eigenvalue weighted by Crippen LogP contribution is 2.41. The second-order valence-electron chi connectivity index (χ2n) is 8.58. The Morgan fingerprint density at radius 1 is 1.15 bits per heavy atom. The molecule has 4 heterocycles. The lowest BCUT2D eigenvalue weighted by Crippen LogP contribution is -3.03. The van der Waals surface area contributed by atoms with Gasteiger partial charge in [0.15, 0.2) is 11.5 Å². The number of quaternary nitrogens is 1. The summed E-state index contributed by atoms with van der Waals surface area (Å²) in [5.41, 5.74) is 3.07. The Morgan fingerprint density at radius 3 is 2.63 bits per heavy atom. The highest BCUT2D eigenvalue weighted by atomic mass is 32.1. The highest BCUT2D eigenvalue weighted by Gasteiger charge is 2.43. The molecule has 0 bridgehead atoms. The summed E-state index contributed by atoms with van der Waals surface area (Å²) in [6.07, 6.45) is 2.69. The van der Waals surface area contributed by atoms with Gasteiger partial charge >= 0.3 is 0 Å². The van der Waals surface area contributed by atoms with Gasteiger partial charge in [-0.25, -0.2) is 18.9 Å². The van der Waals surface area contributed by atoms with Crippen LogP contribution in [0.2, 0.25) is 0 Å². The SMILES string of the molecule is CC1(C)Cc2c(sc3ncn4nc(-c5ccc(F)cc5)nc4c23)C(C)(C)[NH2+]1. The van der Waals surface area contributed by atoms with Crippen molar-refractivity contribution in [3.05, 3.63) is 46.9 Å². The highest BCUT2D eigenvalue weighted by molar-refractivity contribution is 7.19. The van der Waals surface area contributed by atoms with E-state index in [1.54, 1.807) is 34.3 Å². The Morgan fingerprint density at radius 2 is 1.89 bits per heavy atom. The molecule has 5 nitrogen and oxygen atoms in total. The van der Waals surface area contributed by atoms with Crippen molar-refractivity contribution in [1.29, 1.82) is 0 Å². The zero-order chi connectivity index (χ0) is 19.0. The molecule has 0 fully saturated rings. The number of fused-ring (bicyclic) bond motifs is 5. The monoisotopic (exact) mass is 382 g/mol. The number of benzene rings is 1. The first-order valence-corrected chi connectivity index (χ1v) is 9.85. The number of rotatable bonds is 1. The summed E-state index contributed by atoms with van der Waals surface area (Å²) in [6, 6.07) is 6.28. The fourth-order valence-electron chi connectivity index (χ4n) is 4.41. The minimum Gasteiger partial charge on any atom is -0.333 e. The summed E-state index contributed by atoms with van der Waals surface area (Å²) in [5, 5.41) is 8.13. The lowest BCUT2D eigenvalue weighted by atomic mass is 9.82. The van der Waals surface area contributed by atoms with Crippen LogP contribution in [0.3, 0.4) is 0 Å². The molecule has 0 saturated carbocycles. The van der Waals surface area contributed by atoms with Gasteiger partial charge in [0, 0.05) is 12.0 Å². The van der Waals surface area contributed by atoms with Crippen LogP contribution in [-0.2, 0) is 12.0 Å². The predicted molar refractivity (Wildman–Crippen MR) is 104 cm³/mol. The second kappa shape index (κ2) is 5.33. The number of thiophene rings is 1. The van der Waals surface area contributed by atoms with Gasteiger partial charge in [-0.3, -0.25) is 0 Å². The van der Waals surface area contributed by atoms with Crippen molar-refractivity contribution in [1.82, 2.24) is 19.6 Å². The molecule has 3 aromatic heterocycles. The van der Waals surface area contributed by atoms with Crippen molar-refractivity contribution in [2.45, 2.75) is 45.2 Å². The van der Waals surface area contributed by atoms with Gasteiger partial charge in [0.2, 0.25) is 0 Å². The summed E-state index contributed by atoms with van der Waals surface area (Å²) in [6.45, 7) is 9.10. The van der Waals surface area contributed by atoms with Crippen molar-refractivity contribution in [3.8, 4) is 11.4 Å². The normalized spacial score (nSPS) is 18.1. The van der Waals surface area contributed by atoms with Crippen molar-refractivity contribution >= 4 is 27.2 Å². The summed E-state index contributed by atoms with van der Waals surface area (Å²) < 4.78 is 15.0. The van der Waals surface area contributed by atoms with E-state index in [1.165, 1.54) is 22.6 Å². The zero-order valence-electron chi connectivity index (χ0n) is 15.7. The Hall–Kier alpha value is -2.38. The molecular weight excluding hydrogens is 361 g/mol. The fourth-order valence-corrected chi connectivity index (χ4v) is 5.64. The fraction of sp³-hybridized carbons (Fsp3) is 0.350. The summed E-state index contributed by atoms with van der Waals surface area (Å²) in [5.74, 6) is 0.323. The minimum atomic E-state index is -0.265. The van der Waals surface area contributed by atoms with Crippen LogP contribution in [0.5, 0.6) is 0 Å². The second-order valence-corrected chi connectivity index (χ2v) is 9.58. The average molecular weight is 382 g/mol. The molecule has 0 radical (unpaired) electrons. The maximum Gasteiger partial charge on any atom is 0.182 e. The van der Waals surface area contributed by atoms with Gasteiger partial charge in [0.25, 0.3) is 0 Å². The number of hydrogen-bond donors (Lipinski definition) is 1. The van der Waals surface area contributed by atoms with Crippen molar-refractivity contribution in [2.24, 2.45) is 0 Å². The summed E-state index contributed by atoms with van der Waals surface area (Å²) >= 11 is 1.76. The van der Waals surface area contributed by atoms with Crippen LogP contribution >= 0.6 is 11.3 Å². The molecule has 0 unspecified atom stereocenters. The predicted octanol–water partition coefficient (Wildman–Crippen LogP) is 3.28. The van der Waals surface area contributed by atoms with Crippen molar-refractivity contribution < 1.29 is 9.71 Å². The molecular formula is C20H21FN5S+. The third-order valence-electron chi connectivity index (χ3n) is 5.20. The van der Waals surface area contributed by atoms with E-state index < -0.39 is 0 Å². The first kappa shape index (κ1) is 16.8. The molecule has 0 atom stereocenters. The van der Waals surface area contributed by atoms with Crippen molar-refractivity contribution in [3.63, 3.8) is 0 Å². The quantitative estimate of drug-likeness (QED) is 0.550. The molecule has 0 saturated heterocycles. The lowest BCUT2D eigenvalue weighted by Gasteiger charge is -2.38. The van der Waals surface area contributed by atoms with E-state index in [0.29, 0.717) is 5.82 Å². The lowest BCUT2D eigenvalue weighted by molar-refractivity contribution is -0.789. The number of aromatic nitrogens is 4. The first-order valence-electron chi connectivity index (χ1n) is 9.04. The van der Waals surface area contributed by atoms with E-state index in [4.69, 9.17) is 4.98 Å². The Kier molecular flexibility index (Phi) is 3.31. The molecule has 2 N–H and O–H groups in total. The number of hydrogen-bond acceptors (Lipinski definition) is 4. The van der Waals surface area contributed by atoms with Crippen LogP contribution in [0.15, 0.2) is 30.6 Å². The van der Waals surface area contributed by atoms with Gasteiger partial charge < -0.3 is 5.32 Å². The van der Waals surface area contributed by atoms with E-state index >= 15 is 0 Å². The van der Waals surface area contributed by atoms with E-state index in [0.717, 1.165) is 27.8 Å². The third-order valence-corrected chi connectivity index (χ3v) is 6.68. The largest absolute Gasteiger partial charge is 0.333 e. The standard InChI is InChI=1S/C20H20FN5S/c1-19(2)9-13-14-17-23-16(11-5-7-12(21)8-6-11)24-26(17)10-22-18(14)27-15(13)20(3,4)25-19/h5-8,10,25H,9H2,1-4H3/p+1. The molecule has 0 spiro atoms. The molecule has 0 aliphatic carbocycles. The van der Waals surface area contributed by atoms with Crippen molar-refractivity contribution in [2.75, 3.05) is 0 Å². The van der Waals surface area contributed by atoms with Crippen LogP contribution in [0.25, 0.3) is 27.3 Å². The van der Waals surface area contributed by atoms with E-state index in [9.17, 15) is 4.39 Å². The molecule has 5 rings (SSSR count). The summed E-state index contributed by atoms with van der Waals surface area (Å²) in [7, 11) is 0. The molecule has 138 valence electrons. The van der Waals surface area contributed by atoms with Crippen LogP contribution < -0.4 is 5.32 Å². The third kappa shape index (κ3) is 2.56. The van der Waals surface area contributed by atoms with Gasteiger partial charge in [-0.05, 0) is 57.5 Å². The van der Waals surface area contributed by atoms with E-state index in [-0.39, 0.29) is 16.9 Å². The Labute approximate surface area is 160 Å².